The first kappa shape index (κ1) is 13.5. The van der Waals surface area contributed by atoms with Gasteiger partial charge in [0.05, 0.1) is 0 Å². The van der Waals surface area contributed by atoms with Gasteiger partial charge in [0.15, 0.2) is 0 Å². The van der Waals surface area contributed by atoms with Gasteiger partial charge in [-0.05, 0) is 37.5 Å². The molecular formula is C14H19N3O2S. The number of hydrogen-bond acceptors (Lipinski definition) is 3. The van der Waals surface area contributed by atoms with E-state index in [0.717, 1.165) is 24.8 Å². The lowest BCUT2D eigenvalue weighted by molar-refractivity contribution is 0.404. The maximum atomic E-state index is 12.9. The third-order valence-corrected chi connectivity index (χ3v) is 5.64. The number of nitrogens with two attached hydrogens (primary N) is 1. The molecule has 1 aromatic carbocycles. The van der Waals surface area contributed by atoms with Gasteiger partial charge >= 0.3 is 0 Å². The summed E-state index contributed by atoms with van der Waals surface area (Å²) in [5.74, 6) is 0. The lowest BCUT2D eigenvalue weighted by Gasteiger charge is -2.20. The van der Waals surface area contributed by atoms with Crippen LogP contribution >= 0.6 is 0 Å². The number of fused-ring (bicyclic) bond motifs is 1. The molecule has 0 radical (unpaired) electrons. The first-order valence-electron chi connectivity index (χ1n) is 6.92. The normalized spacial score (nSPS) is 16.1. The molecule has 5 nitrogen and oxygen atoms in total. The number of aromatic amines is 1. The van der Waals surface area contributed by atoms with Crippen LogP contribution < -0.4 is 5.73 Å². The Morgan fingerprint density at radius 2 is 2.15 bits per heavy atom. The minimum atomic E-state index is -3.45. The summed E-state index contributed by atoms with van der Waals surface area (Å²) < 4.78 is 27.3. The van der Waals surface area contributed by atoms with Crippen LogP contribution in [0, 0.1) is 0 Å². The van der Waals surface area contributed by atoms with Crippen molar-refractivity contribution in [2.24, 2.45) is 0 Å². The van der Waals surface area contributed by atoms with Crippen molar-refractivity contribution in [3.05, 3.63) is 24.4 Å². The second-order valence-electron chi connectivity index (χ2n) is 5.30. The minimum absolute atomic E-state index is 0.172. The number of sulfonamides is 1. The predicted octanol–water partition coefficient (Wildman–Crippen LogP) is 2.31. The third-order valence-electron chi connectivity index (χ3n) is 3.65. The van der Waals surface area contributed by atoms with Crippen molar-refractivity contribution < 1.29 is 8.42 Å². The van der Waals surface area contributed by atoms with E-state index in [2.05, 4.69) is 4.98 Å². The summed E-state index contributed by atoms with van der Waals surface area (Å²) in [7, 11) is -3.45. The van der Waals surface area contributed by atoms with Crippen molar-refractivity contribution in [1.82, 2.24) is 9.29 Å². The van der Waals surface area contributed by atoms with Gasteiger partial charge in [-0.2, -0.15) is 4.31 Å². The highest BCUT2D eigenvalue weighted by Gasteiger charge is 2.38. The lowest BCUT2D eigenvalue weighted by atomic mass is 10.2. The zero-order valence-corrected chi connectivity index (χ0v) is 12.3. The molecule has 108 valence electrons. The first-order valence-corrected chi connectivity index (χ1v) is 8.36. The van der Waals surface area contributed by atoms with E-state index >= 15 is 0 Å². The molecule has 2 aromatic rings. The van der Waals surface area contributed by atoms with Gasteiger partial charge in [0, 0.05) is 35.4 Å². The molecule has 3 rings (SSSR count). The molecule has 1 heterocycles. The monoisotopic (exact) mass is 293 g/mol. The highest BCUT2D eigenvalue weighted by atomic mass is 32.2. The van der Waals surface area contributed by atoms with Gasteiger partial charge in [0.2, 0.25) is 10.0 Å². The molecule has 1 aliphatic carbocycles. The molecule has 1 aliphatic rings. The number of rotatable bonds is 5. The van der Waals surface area contributed by atoms with Crippen LogP contribution in [0.15, 0.2) is 29.3 Å². The molecule has 0 spiro atoms. The fourth-order valence-electron chi connectivity index (χ4n) is 2.53. The fourth-order valence-corrected chi connectivity index (χ4v) is 4.47. The van der Waals surface area contributed by atoms with Crippen LogP contribution in [-0.4, -0.2) is 30.3 Å². The van der Waals surface area contributed by atoms with Crippen molar-refractivity contribution in [2.45, 2.75) is 37.1 Å². The molecule has 1 saturated carbocycles. The van der Waals surface area contributed by atoms with E-state index < -0.39 is 10.0 Å². The number of aromatic nitrogens is 1. The van der Waals surface area contributed by atoms with Crippen molar-refractivity contribution >= 4 is 26.6 Å². The Kier molecular flexibility index (Phi) is 3.22. The first-order chi connectivity index (χ1) is 9.54. The summed E-state index contributed by atoms with van der Waals surface area (Å²) in [6.07, 6.45) is 4.32. The van der Waals surface area contributed by atoms with Gasteiger partial charge in [-0.25, -0.2) is 8.42 Å². The lowest BCUT2D eigenvalue weighted by Crippen LogP contribution is -2.33. The van der Waals surface area contributed by atoms with Gasteiger partial charge in [-0.3, -0.25) is 0 Å². The summed E-state index contributed by atoms with van der Waals surface area (Å²) in [6, 6.07) is 5.46. The van der Waals surface area contributed by atoms with Gasteiger partial charge in [-0.1, -0.05) is 6.92 Å². The molecule has 0 amide bonds. The fraction of sp³-hybridized carbons (Fsp3) is 0.429. The molecule has 0 unspecified atom stereocenters. The summed E-state index contributed by atoms with van der Waals surface area (Å²) >= 11 is 0. The Morgan fingerprint density at radius 1 is 1.40 bits per heavy atom. The molecule has 1 aromatic heterocycles. The van der Waals surface area contributed by atoms with E-state index in [0.29, 0.717) is 22.5 Å². The standard InChI is InChI=1S/C14H19N3O2S/c1-2-7-17(11-4-5-11)20(18,19)14-9-16-13-6-3-10(15)8-12(13)14/h3,6,8-9,11,16H,2,4-5,7,15H2,1H3. The predicted molar refractivity (Wildman–Crippen MR) is 79.9 cm³/mol. The second-order valence-corrected chi connectivity index (χ2v) is 7.16. The SMILES string of the molecule is CCCN(C1CC1)S(=O)(=O)c1c[nH]c2ccc(N)cc12. The van der Waals surface area contributed by atoms with E-state index in [4.69, 9.17) is 5.73 Å². The number of benzene rings is 1. The quantitative estimate of drug-likeness (QED) is 0.830. The highest BCUT2D eigenvalue weighted by molar-refractivity contribution is 7.89. The van der Waals surface area contributed by atoms with Crippen LogP contribution in [-0.2, 0) is 10.0 Å². The zero-order valence-electron chi connectivity index (χ0n) is 11.5. The largest absolute Gasteiger partial charge is 0.399 e. The average molecular weight is 293 g/mol. The Morgan fingerprint density at radius 3 is 2.80 bits per heavy atom. The summed E-state index contributed by atoms with van der Waals surface area (Å²) in [5.41, 5.74) is 7.15. The van der Waals surface area contributed by atoms with Crippen LogP contribution in [0.4, 0.5) is 5.69 Å². The minimum Gasteiger partial charge on any atom is -0.399 e. The van der Waals surface area contributed by atoms with Crippen LogP contribution in [0.1, 0.15) is 26.2 Å². The zero-order chi connectivity index (χ0) is 14.3. The molecule has 3 N–H and O–H groups in total. The van der Waals surface area contributed by atoms with E-state index in [1.807, 2.05) is 13.0 Å². The van der Waals surface area contributed by atoms with Gasteiger partial charge in [-0.15, -0.1) is 0 Å². The molecule has 20 heavy (non-hydrogen) atoms. The highest BCUT2D eigenvalue weighted by Crippen LogP contribution is 2.34. The van der Waals surface area contributed by atoms with E-state index in [-0.39, 0.29) is 6.04 Å². The molecule has 0 aliphatic heterocycles. The number of hydrogen-bond donors (Lipinski definition) is 2. The van der Waals surface area contributed by atoms with Crippen molar-refractivity contribution in [3.8, 4) is 0 Å². The summed E-state index contributed by atoms with van der Waals surface area (Å²) in [5, 5.41) is 0.673. The Labute approximate surface area is 118 Å². The van der Waals surface area contributed by atoms with Crippen LogP contribution in [0.5, 0.6) is 0 Å². The second kappa shape index (κ2) is 4.79. The van der Waals surface area contributed by atoms with Crippen molar-refractivity contribution in [2.75, 3.05) is 12.3 Å². The smallest absolute Gasteiger partial charge is 0.245 e. The third kappa shape index (κ3) is 2.19. The van der Waals surface area contributed by atoms with Crippen LogP contribution in [0.25, 0.3) is 10.9 Å². The summed E-state index contributed by atoms with van der Waals surface area (Å²) in [4.78, 5) is 3.35. The Balaban J connectivity index is 2.10. The molecule has 0 saturated heterocycles. The number of nitrogens with zero attached hydrogens (tertiary/aromatic N) is 1. The van der Waals surface area contributed by atoms with E-state index in [9.17, 15) is 8.42 Å². The van der Waals surface area contributed by atoms with E-state index in [1.165, 1.54) is 0 Å². The number of H-pyrrole nitrogens is 1. The topological polar surface area (TPSA) is 79.2 Å². The maximum Gasteiger partial charge on any atom is 0.245 e. The van der Waals surface area contributed by atoms with Gasteiger partial charge in [0.1, 0.15) is 4.90 Å². The molecule has 1 fully saturated rings. The average Bonchev–Trinajstić information content (AvgIpc) is 3.14. The van der Waals surface area contributed by atoms with Crippen LogP contribution in [0.2, 0.25) is 0 Å². The summed E-state index contributed by atoms with van der Waals surface area (Å²) in [6.45, 7) is 2.57. The van der Waals surface area contributed by atoms with Crippen molar-refractivity contribution in [1.29, 1.82) is 0 Å². The van der Waals surface area contributed by atoms with Crippen LogP contribution in [0.3, 0.4) is 0 Å². The number of nitrogens with one attached hydrogen (secondary N) is 1. The Bertz CT molecular complexity index is 732. The Hall–Kier alpha value is -1.53. The molecular weight excluding hydrogens is 274 g/mol. The van der Waals surface area contributed by atoms with E-state index in [1.54, 1.807) is 22.6 Å². The molecule has 0 bridgehead atoms. The molecule has 6 heteroatoms. The molecule has 0 atom stereocenters. The number of anilines is 1. The maximum absolute atomic E-state index is 12.9. The van der Waals surface area contributed by atoms with Gasteiger partial charge < -0.3 is 10.7 Å². The number of nitrogen functional groups attached to an aromatic ring is 1. The van der Waals surface area contributed by atoms with Crippen molar-refractivity contribution in [3.63, 3.8) is 0 Å². The van der Waals surface area contributed by atoms with Gasteiger partial charge in [0.25, 0.3) is 0 Å².